The first-order valence-electron chi connectivity index (χ1n) is 4.76. The first-order valence-corrected chi connectivity index (χ1v) is 4.76. The van der Waals surface area contributed by atoms with E-state index in [1.54, 1.807) is 0 Å². The van der Waals surface area contributed by atoms with E-state index in [-0.39, 0.29) is 0 Å². The summed E-state index contributed by atoms with van der Waals surface area (Å²) in [4.78, 5) is 0. The van der Waals surface area contributed by atoms with E-state index in [4.69, 9.17) is 4.74 Å². The van der Waals surface area contributed by atoms with Crippen molar-refractivity contribution in [1.29, 1.82) is 0 Å². The summed E-state index contributed by atoms with van der Waals surface area (Å²) >= 11 is 0. The van der Waals surface area contributed by atoms with Crippen LogP contribution in [-0.4, -0.2) is 33.0 Å². The van der Waals surface area contributed by atoms with E-state index in [0.29, 0.717) is 12.1 Å². The fourth-order valence-electron chi connectivity index (χ4n) is 1.47. The maximum Gasteiger partial charge on any atom is 0.0965 e. The second kappa shape index (κ2) is 4.80. The van der Waals surface area contributed by atoms with Crippen LogP contribution < -0.4 is 10.6 Å². The molecule has 3 heteroatoms. The molecule has 1 unspecified atom stereocenters. The molecular weight excluding hydrogens is 152 g/mol. The highest BCUT2D eigenvalue weighted by atomic mass is 16.5. The zero-order valence-electron chi connectivity index (χ0n) is 8.15. The van der Waals surface area contributed by atoms with Crippen LogP contribution in [0.25, 0.3) is 0 Å². The third-order valence-electron chi connectivity index (χ3n) is 2.36. The van der Waals surface area contributed by atoms with E-state index in [1.165, 1.54) is 6.42 Å². The minimum absolute atomic E-state index is 0.319. The average Bonchev–Trinajstić information content (AvgIpc) is 2.27. The molecule has 1 rings (SSSR count). The maximum absolute atomic E-state index is 5.46. The molecule has 1 aliphatic rings. The first kappa shape index (κ1) is 9.96. The lowest BCUT2D eigenvalue weighted by Gasteiger charge is -2.26. The molecule has 3 nitrogen and oxygen atoms in total. The van der Waals surface area contributed by atoms with Crippen LogP contribution in [0.15, 0.2) is 0 Å². The molecule has 72 valence electrons. The van der Waals surface area contributed by atoms with Gasteiger partial charge in [0.15, 0.2) is 0 Å². The summed E-state index contributed by atoms with van der Waals surface area (Å²) in [5.41, 5.74) is 0.319. The van der Waals surface area contributed by atoms with Gasteiger partial charge in [-0.3, -0.25) is 5.32 Å². The molecule has 0 amide bonds. The fourth-order valence-corrected chi connectivity index (χ4v) is 1.47. The Morgan fingerprint density at radius 3 is 3.17 bits per heavy atom. The molecule has 12 heavy (non-hydrogen) atoms. The van der Waals surface area contributed by atoms with Crippen molar-refractivity contribution in [2.75, 3.05) is 33.0 Å². The summed E-state index contributed by atoms with van der Waals surface area (Å²) in [5, 5.41) is 6.61. The maximum atomic E-state index is 5.46. The third kappa shape index (κ3) is 3.09. The fraction of sp³-hybridized carbons (Fsp3) is 1.00. The Hall–Kier alpha value is -0.120. The first-order chi connectivity index (χ1) is 5.77. The van der Waals surface area contributed by atoms with Crippen molar-refractivity contribution in [3.05, 3.63) is 0 Å². The van der Waals surface area contributed by atoms with Crippen LogP contribution in [0.1, 0.15) is 20.3 Å². The highest BCUT2D eigenvalue weighted by Crippen LogP contribution is 2.21. The monoisotopic (exact) mass is 172 g/mol. The minimum atomic E-state index is 0.319. The summed E-state index contributed by atoms with van der Waals surface area (Å²) < 4.78 is 5.46. The molecule has 1 aliphatic heterocycles. The Labute approximate surface area is 74.9 Å². The number of ether oxygens (including phenoxy) is 1. The number of hydrogen-bond acceptors (Lipinski definition) is 3. The zero-order valence-corrected chi connectivity index (χ0v) is 8.15. The number of nitrogens with one attached hydrogen (secondary N) is 2. The van der Waals surface area contributed by atoms with Gasteiger partial charge in [-0.25, -0.2) is 0 Å². The summed E-state index contributed by atoms with van der Waals surface area (Å²) in [5.74, 6) is 0. The summed E-state index contributed by atoms with van der Waals surface area (Å²) in [6.45, 7) is 9.17. The molecule has 1 fully saturated rings. The lowest BCUT2D eigenvalue weighted by Crippen LogP contribution is -2.35. The van der Waals surface area contributed by atoms with Crippen LogP contribution in [-0.2, 0) is 4.74 Å². The second-order valence-corrected chi connectivity index (χ2v) is 3.83. The van der Waals surface area contributed by atoms with Crippen LogP contribution in [0, 0.1) is 5.41 Å². The quantitative estimate of drug-likeness (QED) is 0.653. The molecule has 0 aromatic heterocycles. The van der Waals surface area contributed by atoms with Gasteiger partial charge in [-0.1, -0.05) is 13.8 Å². The van der Waals surface area contributed by atoms with Gasteiger partial charge in [-0.2, -0.15) is 0 Å². The lowest BCUT2D eigenvalue weighted by molar-refractivity contribution is 0.0646. The van der Waals surface area contributed by atoms with E-state index in [2.05, 4.69) is 24.5 Å². The zero-order chi connectivity index (χ0) is 8.86. The molecule has 0 spiro atoms. The molecule has 0 saturated carbocycles. The highest BCUT2D eigenvalue weighted by molar-refractivity contribution is 4.78. The number of hydrogen-bond donors (Lipinski definition) is 2. The van der Waals surface area contributed by atoms with E-state index >= 15 is 0 Å². The molecule has 0 aromatic rings. The smallest absolute Gasteiger partial charge is 0.0965 e. The Morgan fingerprint density at radius 2 is 2.42 bits per heavy atom. The average molecular weight is 172 g/mol. The topological polar surface area (TPSA) is 33.3 Å². The van der Waals surface area contributed by atoms with E-state index in [1.807, 2.05) is 0 Å². The molecule has 1 saturated heterocycles. The van der Waals surface area contributed by atoms with E-state index < -0.39 is 0 Å². The Kier molecular flexibility index (Phi) is 3.98. The number of rotatable bonds is 3. The van der Waals surface area contributed by atoms with E-state index in [9.17, 15) is 0 Å². The van der Waals surface area contributed by atoms with Gasteiger partial charge in [0.2, 0.25) is 0 Å². The molecule has 1 atom stereocenters. The molecule has 2 N–H and O–H groups in total. The van der Waals surface area contributed by atoms with Crippen molar-refractivity contribution >= 4 is 0 Å². The van der Waals surface area contributed by atoms with Crippen molar-refractivity contribution in [2.24, 2.45) is 5.41 Å². The van der Waals surface area contributed by atoms with Crippen molar-refractivity contribution < 1.29 is 4.74 Å². The van der Waals surface area contributed by atoms with Gasteiger partial charge in [0.05, 0.1) is 13.3 Å². The van der Waals surface area contributed by atoms with Crippen LogP contribution >= 0.6 is 0 Å². The van der Waals surface area contributed by atoms with Gasteiger partial charge in [0.1, 0.15) is 0 Å². The Morgan fingerprint density at radius 1 is 1.58 bits per heavy atom. The Balaban J connectivity index is 2.32. The third-order valence-corrected chi connectivity index (χ3v) is 2.36. The lowest BCUT2D eigenvalue weighted by atomic mass is 9.88. The SMILES string of the molecule is CCNCC1(C)CCNCOC1. The van der Waals surface area contributed by atoms with Crippen LogP contribution in [0.2, 0.25) is 0 Å². The van der Waals surface area contributed by atoms with Crippen LogP contribution in [0.5, 0.6) is 0 Å². The normalized spacial score (nSPS) is 31.5. The molecule has 0 aromatic carbocycles. The van der Waals surface area contributed by atoms with E-state index in [0.717, 1.165) is 26.2 Å². The summed E-state index contributed by atoms with van der Waals surface area (Å²) in [6.07, 6.45) is 1.19. The highest BCUT2D eigenvalue weighted by Gasteiger charge is 2.25. The van der Waals surface area contributed by atoms with Crippen LogP contribution in [0.4, 0.5) is 0 Å². The molecule has 0 radical (unpaired) electrons. The van der Waals surface area contributed by atoms with Crippen molar-refractivity contribution in [2.45, 2.75) is 20.3 Å². The molecule has 0 aliphatic carbocycles. The van der Waals surface area contributed by atoms with Crippen molar-refractivity contribution in [3.8, 4) is 0 Å². The largest absolute Gasteiger partial charge is 0.366 e. The van der Waals surface area contributed by atoms with Gasteiger partial charge in [0, 0.05) is 12.0 Å². The van der Waals surface area contributed by atoms with Gasteiger partial charge in [0.25, 0.3) is 0 Å². The molecule has 0 bridgehead atoms. The summed E-state index contributed by atoms with van der Waals surface area (Å²) in [7, 11) is 0. The predicted molar refractivity (Wildman–Crippen MR) is 50.1 cm³/mol. The molecule has 1 heterocycles. The van der Waals surface area contributed by atoms with Crippen molar-refractivity contribution in [3.63, 3.8) is 0 Å². The Bertz CT molecular complexity index is 120. The van der Waals surface area contributed by atoms with Gasteiger partial charge in [-0.05, 0) is 19.5 Å². The second-order valence-electron chi connectivity index (χ2n) is 3.83. The van der Waals surface area contributed by atoms with Crippen LogP contribution in [0.3, 0.4) is 0 Å². The predicted octanol–water partition coefficient (Wildman–Crippen LogP) is 0.570. The van der Waals surface area contributed by atoms with Crippen molar-refractivity contribution in [1.82, 2.24) is 10.6 Å². The minimum Gasteiger partial charge on any atom is -0.366 e. The van der Waals surface area contributed by atoms with Gasteiger partial charge in [-0.15, -0.1) is 0 Å². The molecular formula is C9H20N2O. The standard InChI is InChI=1S/C9H20N2O/c1-3-10-6-9(2)4-5-11-8-12-7-9/h10-11H,3-8H2,1-2H3. The van der Waals surface area contributed by atoms with Gasteiger partial charge < -0.3 is 10.1 Å². The van der Waals surface area contributed by atoms with Gasteiger partial charge >= 0.3 is 0 Å². The summed E-state index contributed by atoms with van der Waals surface area (Å²) in [6, 6.07) is 0.